The Kier molecular flexibility index (Phi) is 7.54. The van der Waals surface area contributed by atoms with Gasteiger partial charge in [0.05, 0.1) is 0 Å². The van der Waals surface area contributed by atoms with Crippen LogP contribution in [0.1, 0.15) is 33.4 Å². The van der Waals surface area contributed by atoms with Crippen LogP contribution in [0.2, 0.25) is 0 Å². The molecule has 110 valence electrons. The van der Waals surface area contributed by atoms with Gasteiger partial charge in [0.15, 0.2) is 0 Å². The van der Waals surface area contributed by atoms with Gasteiger partial charge in [-0.25, -0.2) is 0 Å². The maximum atomic E-state index is 2.34. The van der Waals surface area contributed by atoms with E-state index in [0.29, 0.717) is 0 Å². The first-order chi connectivity index (χ1) is 8.50. The van der Waals surface area contributed by atoms with Gasteiger partial charge in [-0.3, -0.25) is 0 Å². The zero-order chi connectivity index (χ0) is 13.0. The van der Waals surface area contributed by atoms with Crippen LogP contribution in [-0.4, -0.2) is 0 Å². The number of halogens is 3. The van der Waals surface area contributed by atoms with E-state index >= 15 is 0 Å². The molecule has 0 spiro atoms. The van der Waals surface area contributed by atoms with Gasteiger partial charge in [-0.2, -0.15) is 0 Å². The molecule has 0 saturated heterocycles. The van der Waals surface area contributed by atoms with Crippen molar-refractivity contribution >= 4 is 3.87 Å². The van der Waals surface area contributed by atoms with Crippen LogP contribution >= 0.6 is 0 Å². The Morgan fingerprint density at radius 2 is 1.29 bits per heavy atom. The molecule has 1 aliphatic carbocycles. The van der Waals surface area contributed by atoms with Crippen LogP contribution in [-0.2, 0) is 26.9 Å². The van der Waals surface area contributed by atoms with Crippen LogP contribution < -0.4 is 41.1 Å². The molecule has 0 nitrogen and oxygen atoms in total. The van der Waals surface area contributed by atoms with E-state index in [1.54, 1.807) is 11.1 Å². The Bertz CT molecular complexity index is 678. The first-order valence-corrected chi connectivity index (χ1v) is 7.23. The van der Waals surface area contributed by atoms with Gasteiger partial charge in [0.25, 0.3) is 0 Å². The molecule has 1 aliphatic rings. The van der Waals surface area contributed by atoms with E-state index in [1.165, 1.54) is 37.2 Å². The van der Waals surface area contributed by atoms with Gasteiger partial charge < -0.3 is 37.2 Å². The Balaban J connectivity index is 0.00000133. The predicted octanol–water partition coefficient (Wildman–Crippen LogP) is -5.32. The quantitative estimate of drug-likeness (QED) is 0.345. The molecular formula is C17H17Cl3Ti. The van der Waals surface area contributed by atoms with Crippen molar-refractivity contribution in [2.45, 2.75) is 34.1 Å². The number of hydrogen-bond acceptors (Lipinski definition) is 0. The van der Waals surface area contributed by atoms with Crippen molar-refractivity contribution in [2.75, 3.05) is 0 Å². The fourth-order valence-electron chi connectivity index (χ4n) is 3.18. The maximum absolute atomic E-state index is 2.34. The second-order valence-electron chi connectivity index (χ2n) is 5.45. The molecule has 4 heteroatoms. The summed E-state index contributed by atoms with van der Waals surface area (Å²) in [6.07, 6.45) is 1.12. The standard InChI is InChI=1S/C17H17.3ClH.Ti/c1-10-5-7-12(3)16-14(10)9-15-11(2)6-8-13(4)17(15)16;;;;/h5,7-8H,9H2,1-4H3;3*1H;/q;;;;+3/p-3. The van der Waals surface area contributed by atoms with Gasteiger partial charge in [0.2, 0.25) is 0 Å². The van der Waals surface area contributed by atoms with E-state index in [9.17, 15) is 0 Å². The Morgan fingerprint density at radius 1 is 0.762 bits per heavy atom. The van der Waals surface area contributed by atoms with Crippen molar-refractivity contribution in [3.8, 4) is 11.1 Å². The average molecular weight is 376 g/mol. The summed E-state index contributed by atoms with van der Waals surface area (Å²) >= 11 is 2.23. The smallest absolute Gasteiger partial charge is 1.00 e. The summed E-state index contributed by atoms with van der Waals surface area (Å²) in [7, 11) is 0. The molecule has 0 bridgehead atoms. The Labute approximate surface area is 157 Å². The molecule has 0 unspecified atom stereocenters. The molecule has 0 radical (unpaired) electrons. The molecule has 0 aliphatic heterocycles. The number of aryl methyl sites for hydroxylation is 3. The molecule has 0 amide bonds. The number of benzene rings is 2. The summed E-state index contributed by atoms with van der Waals surface area (Å²) in [5.41, 5.74) is 11.9. The van der Waals surface area contributed by atoms with Gasteiger partial charge in [0.1, 0.15) is 0 Å². The fraction of sp³-hybridized carbons (Fsp3) is 0.294. The SMILES string of the molecule is Cc1ccc(C)c2c1Cc1c(C)[c]([Ti+3])cc(C)c1-2.[Cl-].[Cl-].[Cl-]. The second kappa shape index (κ2) is 7.53. The van der Waals surface area contributed by atoms with Crippen LogP contribution in [0.15, 0.2) is 18.2 Å². The van der Waals surface area contributed by atoms with E-state index in [4.69, 9.17) is 0 Å². The number of fused-ring (bicyclic) bond motifs is 3. The zero-order valence-electron chi connectivity index (χ0n) is 12.6. The fourth-order valence-corrected chi connectivity index (χ4v) is 3.75. The van der Waals surface area contributed by atoms with Crippen molar-refractivity contribution < 1.29 is 57.7 Å². The minimum atomic E-state index is 0. The van der Waals surface area contributed by atoms with Crippen molar-refractivity contribution in [3.63, 3.8) is 0 Å². The third kappa shape index (κ3) is 3.21. The summed E-state index contributed by atoms with van der Waals surface area (Å²) in [4.78, 5) is 0. The van der Waals surface area contributed by atoms with Crippen molar-refractivity contribution in [3.05, 3.63) is 51.6 Å². The molecular weight excluding hydrogens is 358 g/mol. The van der Waals surface area contributed by atoms with Crippen molar-refractivity contribution in [1.82, 2.24) is 0 Å². The third-order valence-corrected chi connectivity index (χ3v) is 5.08. The second-order valence-corrected chi connectivity index (χ2v) is 6.29. The van der Waals surface area contributed by atoms with Gasteiger partial charge in [0, 0.05) is 0 Å². The zero-order valence-corrected chi connectivity index (χ0v) is 16.4. The summed E-state index contributed by atoms with van der Waals surface area (Å²) < 4.78 is 1.43. The van der Waals surface area contributed by atoms with Gasteiger partial charge in [-0.1, -0.05) is 0 Å². The number of rotatable bonds is 0. The maximum Gasteiger partial charge on any atom is -1.00 e. The molecule has 0 atom stereocenters. The van der Waals surface area contributed by atoms with Crippen LogP contribution in [0.4, 0.5) is 0 Å². The van der Waals surface area contributed by atoms with E-state index in [-0.39, 0.29) is 37.2 Å². The van der Waals surface area contributed by atoms with Crippen molar-refractivity contribution in [1.29, 1.82) is 0 Å². The average Bonchev–Trinajstić information content (AvgIpc) is 2.73. The molecule has 0 saturated carbocycles. The van der Waals surface area contributed by atoms with Crippen LogP contribution in [0.25, 0.3) is 11.1 Å². The van der Waals surface area contributed by atoms with E-state index in [2.05, 4.69) is 66.3 Å². The Morgan fingerprint density at radius 3 is 1.90 bits per heavy atom. The van der Waals surface area contributed by atoms with E-state index in [1.807, 2.05) is 0 Å². The topological polar surface area (TPSA) is 0 Å². The molecule has 0 heterocycles. The predicted molar refractivity (Wildman–Crippen MR) is 73.3 cm³/mol. The minimum absolute atomic E-state index is 0. The van der Waals surface area contributed by atoms with Crippen LogP contribution in [0, 0.1) is 27.7 Å². The van der Waals surface area contributed by atoms with Gasteiger partial charge >= 0.3 is 121 Å². The van der Waals surface area contributed by atoms with Gasteiger partial charge in [-0.05, 0) is 0 Å². The Hall–Kier alpha value is 0.0243. The van der Waals surface area contributed by atoms with Crippen LogP contribution in [0.3, 0.4) is 0 Å². The monoisotopic (exact) mass is 374 g/mol. The molecule has 2 aromatic carbocycles. The first kappa shape index (κ1) is 21.0. The summed E-state index contributed by atoms with van der Waals surface area (Å²) in [5, 5.41) is 0. The molecule has 0 fully saturated rings. The molecule has 0 N–H and O–H groups in total. The third-order valence-electron chi connectivity index (χ3n) is 4.27. The molecule has 21 heavy (non-hydrogen) atoms. The van der Waals surface area contributed by atoms with E-state index < -0.39 is 0 Å². The number of hydrogen-bond donors (Lipinski definition) is 0. The summed E-state index contributed by atoms with van der Waals surface area (Å²) in [5.74, 6) is 0. The van der Waals surface area contributed by atoms with E-state index in [0.717, 1.165) is 6.42 Å². The molecule has 2 aromatic rings. The molecule has 0 aromatic heterocycles. The summed E-state index contributed by atoms with van der Waals surface area (Å²) in [6.45, 7) is 9.00. The van der Waals surface area contributed by atoms with Crippen molar-refractivity contribution in [2.24, 2.45) is 0 Å². The summed E-state index contributed by atoms with van der Waals surface area (Å²) in [6, 6.07) is 6.86. The molecule has 3 rings (SSSR count). The minimum Gasteiger partial charge on any atom is -1.00 e. The first-order valence-electron chi connectivity index (χ1n) is 6.45. The largest absolute Gasteiger partial charge is 1.00 e. The van der Waals surface area contributed by atoms with Gasteiger partial charge in [-0.15, -0.1) is 0 Å². The normalized spacial score (nSPS) is 10.8. The van der Waals surface area contributed by atoms with Crippen LogP contribution in [0.5, 0.6) is 0 Å².